The van der Waals surface area contributed by atoms with Crippen LogP contribution in [-0.2, 0) is 5.54 Å². The molecule has 2 aromatic heterocycles. The van der Waals surface area contributed by atoms with E-state index in [1.54, 1.807) is 0 Å². The number of para-hydroxylation sites is 1. The van der Waals surface area contributed by atoms with Gasteiger partial charge in [-0.1, -0.05) is 18.2 Å². The molecule has 2 N–H and O–H groups in total. The molecule has 3 rings (SSSR count). The summed E-state index contributed by atoms with van der Waals surface area (Å²) in [4.78, 5) is 8.81. The third-order valence-corrected chi connectivity index (χ3v) is 3.13. The van der Waals surface area contributed by atoms with Crippen LogP contribution >= 0.6 is 0 Å². The quantitative estimate of drug-likeness (QED) is 0.657. The van der Waals surface area contributed by atoms with Crippen LogP contribution in [0.2, 0.25) is 0 Å². The smallest absolute Gasteiger partial charge is 0.152 e. The summed E-state index contributed by atoms with van der Waals surface area (Å²) in [5.74, 6) is 0.492. The van der Waals surface area contributed by atoms with E-state index in [2.05, 4.69) is 41.4 Å². The maximum absolute atomic E-state index is 5.99. The van der Waals surface area contributed by atoms with E-state index < -0.39 is 0 Å². The molecular weight excluding hydrogens is 224 g/mol. The number of hydrogen-bond donors (Lipinski definition) is 1. The van der Waals surface area contributed by atoms with Crippen molar-refractivity contribution in [2.24, 2.45) is 0 Å². The van der Waals surface area contributed by atoms with E-state index in [1.165, 1.54) is 0 Å². The van der Waals surface area contributed by atoms with Gasteiger partial charge in [0.2, 0.25) is 0 Å². The molecule has 2 heterocycles. The summed E-state index contributed by atoms with van der Waals surface area (Å²) in [5, 5.41) is 1.09. The number of nitrogens with two attached hydrogens (primary N) is 1. The lowest BCUT2D eigenvalue weighted by atomic mass is 10.1. The predicted octanol–water partition coefficient (Wildman–Crippen LogP) is 2.92. The second kappa shape index (κ2) is 3.45. The van der Waals surface area contributed by atoms with Crippen LogP contribution in [0.15, 0.2) is 30.6 Å². The summed E-state index contributed by atoms with van der Waals surface area (Å²) in [6.07, 6.45) is 1.84. The molecule has 0 aliphatic carbocycles. The van der Waals surface area contributed by atoms with E-state index in [9.17, 15) is 0 Å². The highest BCUT2D eigenvalue weighted by atomic mass is 15.1. The number of rotatable bonds is 0. The largest absolute Gasteiger partial charge is 0.382 e. The van der Waals surface area contributed by atoms with Crippen molar-refractivity contribution in [3.8, 4) is 0 Å². The third-order valence-electron chi connectivity index (χ3n) is 3.13. The topological polar surface area (TPSA) is 56.7 Å². The van der Waals surface area contributed by atoms with E-state index in [0.717, 1.165) is 21.9 Å². The van der Waals surface area contributed by atoms with Gasteiger partial charge in [0.15, 0.2) is 5.82 Å². The van der Waals surface area contributed by atoms with E-state index >= 15 is 0 Å². The Morgan fingerprint density at radius 3 is 2.61 bits per heavy atom. The van der Waals surface area contributed by atoms with E-state index in [0.29, 0.717) is 5.82 Å². The SMILES string of the molecule is CC(C)(C)n1cnc2c(N)nc3ccccc3c21. The van der Waals surface area contributed by atoms with Gasteiger partial charge < -0.3 is 10.3 Å². The van der Waals surface area contributed by atoms with Gasteiger partial charge in [-0.2, -0.15) is 0 Å². The standard InChI is InChI=1S/C14H16N4/c1-14(2,3)18-8-16-11-12(18)9-6-4-5-7-10(9)17-13(11)15/h4-8H,1-3H3,(H2,15,17). The Morgan fingerprint density at radius 2 is 1.89 bits per heavy atom. The Kier molecular flexibility index (Phi) is 2.11. The van der Waals surface area contributed by atoms with Gasteiger partial charge in [-0.3, -0.25) is 0 Å². The van der Waals surface area contributed by atoms with Crippen LogP contribution < -0.4 is 5.73 Å². The summed E-state index contributed by atoms with van der Waals surface area (Å²) >= 11 is 0. The number of hydrogen-bond acceptors (Lipinski definition) is 3. The monoisotopic (exact) mass is 240 g/mol. The minimum Gasteiger partial charge on any atom is -0.382 e. The Labute approximate surface area is 105 Å². The molecule has 0 spiro atoms. The Morgan fingerprint density at radius 1 is 1.17 bits per heavy atom. The first-order chi connectivity index (χ1) is 8.48. The van der Waals surface area contributed by atoms with Gasteiger partial charge in [-0.15, -0.1) is 0 Å². The Hall–Kier alpha value is -2.10. The number of anilines is 1. The van der Waals surface area contributed by atoms with Crippen LogP contribution in [0.3, 0.4) is 0 Å². The molecule has 0 amide bonds. The van der Waals surface area contributed by atoms with Crippen molar-refractivity contribution in [1.29, 1.82) is 0 Å². The molecule has 4 heteroatoms. The van der Waals surface area contributed by atoms with Crippen molar-refractivity contribution in [3.05, 3.63) is 30.6 Å². The summed E-state index contributed by atoms with van der Waals surface area (Å²) in [6, 6.07) is 8.03. The molecule has 1 aromatic carbocycles. The minimum atomic E-state index is -0.0364. The first kappa shape index (κ1) is 11.0. The number of nitrogens with zero attached hydrogens (tertiary/aromatic N) is 3. The van der Waals surface area contributed by atoms with E-state index in [4.69, 9.17) is 5.73 Å². The Balaban J connectivity index is 2.56. The lowest BCUT2D eigenvalue weighted by molar-refractivity contribution is 0.409. The summed E-state index contributed by atoms with van der Waals surface area (Å²) < 4.78 is 2.16. The Bertz CT molecular complexity index is 734. The number of fused-ring (bicyclic) bond motifs is 3. The number of nitrogen functional groups attached to an aromatic ring is 1. The van der Waals surface area contributed by atoms with Crippen molar-refractivity contribution in [2.45, 2.75) is 26.3 Å². The highest BCUT2D eigenvalue weighted by molar-refractivity contribution is 6.06. The average Bonchev–Trinajstić information content (AvgIpc) is 2.74. The second-order valence-corrected chi connectivity index (χ2v) is 5.50. The van der Waals surface area contributed by atoms with Gasteiger partial charge in [0.05, 0.1) is 17.4 Å². The van der Waals surface area contributed by atoms with Gasteiger partial charge in [0.1, 0.15) is 5.52 Å². The van der Waals surface area contributed by atoms with Crippen molar-refractivity contribution < 1.29 is 0 Å². The fourth-order valence-electron chi connectivity index (χ4n) is 2.26. The number of imidazole rings is 1. The van der Waals surface area contributed by atoms with Crippen LogP contribution in [0.5, 0.6) is 0 Å². The van der Waals surface area contributed by atoms with Gasteiger partial charge >= 0.3 is 0 Å². The molecule has 3 aromatic rings. The molecule has 0 atom stereocenters. The highest BCUT2D eigenvalue weighted by Crippen LogP contribution is 2.30. The molecule has 0 unspecified atom stereocenters. The molecule has 0 aliphatic rings. The fraction of sp³-hybridized carbons (Fsp3) is 0.286. The molecule has 18 heavy (non-hydrogen) atoms. The first-order valence-electron chi connectivity index (χ1n) is 6.00. The van der Waals surface area contributed by atoms with Gasteiger partial charge in [0.25, 0.3) is 0 Å². The van der Waals surface area contributed by atoms with Crippen molar-refractivity contribution >= 4 is 27.8 Å². The average molecular weight is 240 g/mol. The number of aromatic nitrogens is 3. The van der Waals surface area contributed by atoms with Gasteiger partial charge in [0, 0.05) is 10.9 Å². The maximum atomic E-state index is 5.99. The summed E-state index contributed by atoms with van der Waals surface area (Å²) in [5.41, 5.74) is 8.71. The van der Waals surface area contributed by atoms with Crippen molar-refractivity contribution in [3.63, 3.8) is 0 Å². The van der Waals surface area contributed by atoms with E-state index in [-0.39, 0.29) is 5.54 Å². The third kappa shape index (κ3) is 1.45. The lowest BCUT2D eigenvalue weighted by Gasteiger charge is -2.22. The normalized spacial score (nSPS) is 12.4. The molecule has 0 radical (unpaired) electrons. The second-order valence-electron chi connectivity index (χ2n) is 5.50. The van der Waals surface area contributed by atoms with Crippen molar-refractivity contribution in [1.82, 2.24) is 14.5 Å². The zero-order chi connectivity index (χ0) is 12.9. The summed E-state index contributed by atoms with van der Waals surface area (Å²) in [6.45, 7) is 6.46. The molecule has 0 aliphatic heterocycles. The van der Waals surface area contributed by atoms with Gasteiger partial charge in [-0.05, 0) is 26.8 Å². The van der Waals surface area contributed by atoms with E-state index in [1.807, 2.05) is 24.5 Å². The molecule has 0 fully saturated rings. The van der Waals surface area contributed by atoms with Crippen molar-refractivity contribution in [2.75, 3.05) is 5.73 Å². The first-order valence-corrected chi connectivity index (χ1v) is 6.00. The highest BCUT2D eigenvalue weighted by Gasteiger charge is 2.19. The minimum absolute atomic E-state index is 0.0364. The molecule has 0 saturated heterocycles. The molecule has 4 nitrogen and oxygen atoms in total. The molecular formula is C14H16N4. The summed E-state index contributed by atoms with van der Waals surface area (Å²) in [7, 11) is 0. The number of pyridine rings is 1. The number of benzene rings is 1. The maximum Gasteiger partial charge on any atom is 0.152 e. The van der Waals surface area contributed by atoms with Crippen LogP contribution in [-0.4, -0.2) is 14.5 Å². The van der Waals surface area contributed by atoms with Crippen LogP contribution in [0.1, 0.15) is 20.8 Å². The zero-order valence-electron chi connectivity index (χ0n) is 10.8. The molecule has 0 saturated carbocycles. The molecule has 92 valence electrons. The lowest BCUT2D eigenvalue weighted by Crippen LogP contribution is -2.20. The van der Waals surface area contributed by atoms with Crippen LogP contribution in [0.25, 0.3) is 21.9 Å². The zero-order valence-corrected chi connectivity index (χ0v) is 10.8. The fourth-order valence-corrected chi connectivity index (χ4v) is 2.26. The predicted molar refractivity (Wildman–Crippen MR) is 74.4 cm³/mol. The van der Waals surface area contributed by atoms with Crippen LogP contribution in [0.4, 0.5) is 5.82 Å². The molecule has 0 bridgehead atoms. The van der Waals surface area contributed by atoms with Crippen LogP contribution in [0, 0.1) is 0 Å². The van der Waals surface area contributed by atoms with Gasteiger partial charge in [-0.25, -0.2) is 9.97 Å².